The quantitative estimate of drug-likeness (QED) is 0.852. The molecule has 0 N–H and O–H groups in total. The zero-order valence-electron chi connectivity index (χ0n) is 12.8. The fraction of sp³-hybridized carbons (Fsp3) is 0.467. The Morgan fingerprint density at radius 1 is 1.38 bits per heavy atom. The standard InChI is InChI=1S/C15H20N2O3S/c1-10(2)14(18)16-15-17(8-9-19-3)13-11(20-4)6-5-7-12(13)21-15/h5-7,10H,8-9H2,1-4H3. The number of benzene rings is 1. The number of hydrogen-bond donors (Lipinski definition) is 0. The van der Waals surface area contributed by atoms with E-state index in [-0.39, 0.29) is 11.8 Å². The molecule has 0 bridgehead atoms. The van der Waals surface area contributed by atoms with Gasteiger partial charge in [-0.3, -0.25) is 4.79 Å². The van der Waals surface area contributed by atoms with Gasteiger partial charge in [-0.1, -0.05) is 31.3 Å². The summed E-state index contributed by atoms with van der Waals surface area (Å²) < 4.78 is 13.6. The van der Waals surface area contributed by atoms with Gasteiger partial charge in [0.25, 0.3) is 5.91 Å². The number of aromatic nitrogens is 1. The van der Waals surface area contributed by atoms with Gasteiger partial charge in [0.15, 0.2) is 4.80 Å². The summed E-state index contributed by atoms with van der Waals surface area (Å²) in [7, 11) is 3.30. The second-order valence-corrected chi connectivity index (χ2v) is 5.95. The normalized spacial score (nSPS) is 12.3. The molecule has 21 heavy (non-hydrogen) atoms. The summed E-state index contributed by atoms with van der Waals surface area (Å²) >= 11 is 1.49. The highest BCUT2D eigenvalue weighted by atomic mass is 32.1. The molecule has 0 fully saturated rings. The molecule has 1 aromatic heterocycles. The number of ether oxygens (including phenoxy) is 2. The van der Waals surface area contributed by atoms with E-state index >= 15 is 0 Å². The number of carbonyl (C=O) groups is 1. The van der Waals surface area contributed by atoms with Crippen LogP contribution in [-0.4, -0.2) is 31.3 Å². The van der Waals surface area contributed by atoms with Gasteiger partial charge < -0.3 is 14.0 Å². The lowest BCUT2D eigenvalue weighted by molar-refractivity contribution is -0.120. The molecule has 0 radical (unpaired) electrons. The van der Waals surface area contributed by atoms with Crippen LogP contribution in [0.3, 0.4) is 0 Å². The number of thiazole rings is 1. The topological polar surface area (TPSA) is 52.8 Å². The monoisotopic (exact) mass is 308 g/mol. The van der Waals surface area contributed by atoms with E-state index in [2.05, 4.69) is 4.99 Å². The van der Waals surface area contributed by atoms with Gasteiger partial charge in [-0.15, -0.1) is 0 Å². The molecule has 0 spiro atoms. The van der Waals surface area contributed by atoms with Crippen LogP contribution in [0.1, 0.15) is 13.8 Å². The number of hydrogen-bond acceptors (Lipinski definition) is 4. The molecule has 5 nitrogen and oxygen atoms in total. The van der Waals surface area contributed by atoms with Crippen molar-refractivity contribution < 1.29 is 14.3 Å². The van der Waals surface area contributed by atoms with Crippen molar-refractivity contribution in [3.05, 3.63) is 23.0 Å². The molecule has 0 saturated carbocycles. The van der Waals surface area contributed by atoms with E-state index in [4.69, 9.17) is 9.47 Å². The molecule has 0 saturated heterocycles. The van der Waals surface area contributed by atoms with Crippen LogP contribution in [0.25, 0.3) is 10.2 Å². The second kappa shape index (κ2) is 6.87. The third kappa shape index (κ3) is 3.33. The molecule has 1 aromatic carbocycles. The van der Waals surface area contributed by atoms with E-state index < -0.39 is 0 Å². The van der Waals surface area contributed by atoms with Crippen molar-refractivity contribution in [3.63, 3.8) is 0 Å². The van der Waals surface area contributed by atoms with Gasteiger partial charge in [0.05, 0.1) is 18.4 Å². The molecule has 0 aliphatic heterocycles. The highest BCUT2D eigenvalue weighted by Crippen LogP contribution is 2.27. The van der Waals surface area contributed by atoms with Gasteiger partial charge in [0.1, 0.15) is 11.3 Å². The molecule has 0 unspecified atom stereocenters. The lowest BCUT2D eigenvalue weighted by Gasteiger charge is -2.08. The predicted molar refractivity (Wildman–Crippen MR) is 83.7 cm³/mol. The molecule has 2 rings (SSSR count). The zero-order valence-corrected chi connectivity index (χ0v) is 13.6. The lowest BCUT2D eigenvalue weighted by Crippen LogP contribution is -2.20. The third-order valence-corrected chi connectivity index (χ3v) is 4.15. The number of carbonyl (C=O) groups excluding carboxylic acids is 1. The van der Waals surface area contributed by atoms with Crippen LogP contribution >= 0.6 is 11.3 Å². The molecule has 0 aliphatic rings. The van der Waals surface area contributed by atoms with Gasteiger partial charge in [-0.25, -0.2) is 0 Å². The Bertz CT molecular complexity index is 700. The Morgan fingerprint density at radius 2 is 2.14 bits per heavy atom. The summed E-state index contributed by atoms with van der Waals surface area (Å²) in [5.74, 6) is 0.540. The third-order valence-electron chi connectivity index (χ3n) is 3.10. The first-order valence-electron chi connectivity index (χ1n) is 6.82. The summed E-state index contributed by atoms with van der Waals surface area (Å²) in [5.41, 5.74) is 0.956. The van der Waals surface area contributed by atoms with Crippen LogP contribution in [0.4, 0.5) is 0 Å². The molecule has 0 aliphatic carbocycles. The summed E-state index contributed by atoms with van der Waals surface area (Å²) in [6.07, 6.45) is 0. The Kier molecular flexibility index (Phi) is 5.14. The highest BCUT2D eigenvalue weighted by molar-refractivity contribution is 7.16. The van der Waals surface area contributed by atoms with E-state index in [0.29, 0.717) is 18.0 Å². The van der Waals surface area contributed by atoms with Crippen LogP contribution in [0.2, 0.25) is 0 Å². The molecule has 0 atom stereocenters. The van der Waals surface area contributed by atoms with Crippen LogP contribution in [0.15, 0.2) is 23.2 Å². The Hall–Kier alpha value is -1.66. The molecular weight excluding hydrogens is 288 g/mol. The van der Waals surface area contributed by atoms with Gasteiger partial charge in [0, 0.05) is 19.6 Å². The first kappa shape index (κ1) is 15.7. The number of nitrogens with zero attached hydrogens (tertiary/aromatic N) is 2. The Labute approximate surface area is 127 Å². The SMILES string of the molecule is COCCn1c(=NC(=O)C(C)C)sc2cccc(OC)c21. The predicted octanol–water partition coefficient (Wildman–Crippen LogP) is 2.44. The van der Waals surface area contributed by atoms with Crippen molar-refractivity contribution in [3.8, 4) is 5.75 Å². The molecule has 1 heterocycles. The molecule has 2 aromatic rings. The summed E-state index contributed by atoms with van der Waals surface area (Å²) in [6, 6.07) is 5.85. The zero-order chi connectivity index (χ0) is 15.4. The molecular formula is C15H20N2O3S. The minimum Gasteiger partial charge on any atom is -0.495 e. The summed E-state index contributed by atoms with van der Waals surface area (Å²) in [6.45, 7) is 4.87. The largest absolute Gasteiger partial charge is 0.495 e. The second-order valence-electron chi connectivity index (χ2n) is 4.94. The number of amides is 1. The molecule has 114 valence electrons. The number of rotatable bonds is 5. The van der Waals surface area contributed by atoms with Gasteiger partial charge in [-0.05, 0) is 12.1 Å². The van der Waals surface area contributed by atoms with Crippen LogP contribution in [-0.2, 0) is 16.1 Å². The van der Waals surface area contributed by atoms with Crippen molar-refractivity contribution in [2.24, 2.45) is 10.9 Å². The number of fused-ring (bicyclic) bond motifs is 1. The van der Waals surface area contributed by atoms with Gasteiger partial charge in [-0.2, -0.15) is 4.99 Å². The first-order valence-corrected chi connectivity index (χ1v) is 7.64. The van der Waals surface area contributed by atoms with Crippen molar-refractivity contribution in [2.45, 2.75) is 20.4 Å². The summed E-state index contributed by atoms with van der Waals surface area (Å²) in [5, 5.41) is 0. The van der Waals surface area contributed by atoms with Crippen molar-refractivity contribution >= 4 is 27.5 Å². The van der Waals surface area contributed by atoms with Crippen LogP contribution < -0.4 is 9.54 Å². The molecule has 1 amide bonds. The van der Waals surface area contributed by atoms with Crippen molar-refractivity contribution in [2.75, 3.05) is 20.8 Å². The Balaban J connectivity index is 2.67. The smallest absolute Gasteiger partial charge is 0.250 e. The number of para-hydroxylation sites is 1. The van der Waals surface area contributed by atoms with Crippen LogP contribution in [0.5, 0.6) is 5.75 Å². The van der Waals surface area contributed by atoms with Crippen molar-refractivity contribution in [1.29, 1.82) is 0 Å². The fourth-order valence-corrected chi connectivity index (χ4v) is 3.04. The number of methoxy groups -OCH3 is 2. The molecule has 6 heteroatoms. The average Bonchev–Trinajstić information content (AvgIpc) is 2.82. The Morgan fingerprint density at radius 3 is 2.76 bits per heavy atom. The maximum absolute atomic E-state index is 11.9. The minimum atomic E-state index is -0.119. The maximum atomic E-state index is 11.9. The van der Waals surface area contributed by atoms with Gasteiger partial charge >= 0.3 is 0 Å². The van der Waals surface area contributed by atoms with E-state index in [1.165, 1.54) is 11.3 Å². The van der Waals surface area contributed by atoms with E-state index in [9.17, 15) is 4.79 Å². The minimum absolute atomic E-state index is 0.118. The van der Waals surface area contributed by atoms with E-state index in [1.54, 1.807) is 14.2 Å². The van der Waals surface area contributed by atoms with Crippen molar-refractivity contribution in [1.82, 2.24) is 4.57 Å². The van der Waals surface area contributed by atoms with Gasteiger partial charge in [0.2, 0.25) is 0 Å². The van der Waals surface area contributed by atoms with E-state index in [1.807, 2.05) is 36.6 Å². The average molecular weight is 308 g/mol. The lowest BCUT2D eigenvalue weighted by atomic mass is 10.2. The fourth-order valence-electron chi connectivity index (χ4n) is 1.96. The first-order chi connectivity index (χ1) is 10.1. The van der Waals surface area contributed by atoms with E-state index in [0.717, 1.165) is 16.0 Å². The maximum Gasteiger partial charge on any atom is 0.250 e. The summed E-state index contributed by atoms with van der Waals surface area (Å²) in [4.78, 5) is 16.9. The van der Waals surface area contributed by atoms with Crippen LogP contribution in [0, 0.1) is 5.92 Å². The highest BCUT2D eigenvalue weighted by Gasteiger charge is 2.13.